The molecule has 0 spiro atoms. The molecule has 2 heteroatoms. The summed E-state index contributed by atoms with van der Waals surface area (Å²) in [6.07, 6.45) is 2.22. The Morgan fingerprint density at radius 1 is 1.31 bits per heavy atom. The van der Waals surface area contributed by atoms with Gasteiger partial charge in [0.15, 0.2) is 0 Å². The summed E-state index contributed by atoms with van der Waals surface area (Å²) in [5.74, 6) is -0.0811. The monoisotopic (exact) mass is 179 g/mol. The molecule has 0 fully saturated rings. The molecule has 0 radical (unpaired) electrons. The second kappa shape index (κ2) is 3.46. The van der Waals surface area contributed by atoms with Crippen molar-refractivity contribution in [3.8, 4) is 0 Å². The lowest BCUT2D eigenvalue weighted by Gasteiger charge is -2.07. The van der Waals surface area contributed by atoms with Crippen LogP contribution < -0.4 is 5.32 Å². The molecule has 0 aliphatic carbocycles. The highest BCUT2D eigenvalue weighted by Gasteiger charge is 2.09. The van der Waals surface area contributed by atoms with Crippen LogP contribution in [0.3, 0.4) is 0 Å². The molecule has 70 valence electrons. The van der Waals surface area contributed by atoms with Crippen LogP contribution in [-0.4, -0.2) is 6.54 Å². The molecule has 0 saturated heterocycles. The summed E-state index contributed by atoms with van der Waals surface area (Å²) in [5.41, 5.74) is 3.20. The van der Waals surface area contributed by atoms with Gasteiger partial charge in [-0.2, -0.15) is 0 Å². The van der Waals surface area contributed by atoms with E-state index in [1.807, 2.05) is 13.0 Å². The lowest BCUT2D eigenvalue weighted by molar-refractivity contribution is 0.613. The van der Waals surface area contributed by atoms with E-state index in [0.717, 1.165) is 37.1 Å². The van der Waals surface area contributed by atoms with E-state index in [4.69, 9.17) is 0 Å². The standard InChI is InChI=1S/C11H14FN/c1-8-5-9-3-2-4-13-7-10(9)6-11(8)12/h5-6,13H,2-4,7H2,1H3. The number of rotatable bonds is 0. The van der Waals surface area contributed by atoms with Gasteiger partial charge in [0.05, 0.1) is 0 Å². The quantitative estimate of drug-likeness (QED) is 0.643. The van der Waals surface area contributed by atoms with Crippen LogP contribution in [0.15, 0.2) is 12.1 Å². The van der Waals surface area contributed by atoms with Gasteiger partial charge in [0, 0.05) is 6.54 Å². The maximum Gasteiger partial charge on any atom is 0.126 e. The van der Waals surface area contributed by atoms with Crippen molar-refractivity contribution in [1.82, 2.24) is 5.32 Å². The molecular weight excluding hydrogens is 165 g/mol. The second-order valence-electron chi connectivity index (χ2n) is 3.65. The number of benzene rings is 1. The smallest absolute Gasteiger partial charge is 0.126 e. The largest absolute Gasteiger partial charge is 0.313 e. The Morgan fingerprint density at radius 2 is 2.15 bits per heavy atom. The van der Waals surface area contributed by atoms with Crippen molar-refractivity contribution in [1.29, 1.82) is 0 Å². The van der Waals surface area contributed by atoms with E-state index in [0.29, 0.717) is 0 Å². The van der Waals surface area contributed by atoms with Crippen LogP contribution in [0.2, 0.25) is 0 Å². The first kappa shape index (κ1) is 8.70. The van der Waals surface area contributed by atoms with Crippen molar-refractivity contribution in [3.63, 3.8) is 0 Å². The van der Waals surface area contributed by atoms with E-state index in [9.17, 15) is 4.39 Å². The fourth-order valence-corrected chi connectivity index (χ4v) is 1.81. The lowest BCUT2D eigenvalue weighted by Crippen LogP contribution is -2.12. The molecule has 1 heterocycles. The zero-order valence-electron chi connectivity index (χ0n) is 7.86. The predicted octanol–water partition coefficient (Wildman–Crippen LogP) is 2.17. The normalized spacial score (nSPS) is 16.5. The Bertz CT molecular complexity index is 289. The first-order chi connectivity index (χ1) is 6.27. The molecule has 0 atom stereocenters. The van der Waals surface area contributed by atoms with Gasteiger partial charge in [0.1, 0.15) is 5.82 Å². The van der Waals surface area contributed by atoms with Gasteiger partial charge in [-0.05, 0) is 49.1 Å². The molecular formula is C11H14FN. The van der Waals surface area contributed by atoms with Crippen molar-refractivity contribution >= 4 is 0 Å². The third kappa shape index (κ3) is 1.73. The number of fused-ring (bicyclic) bond motifs is 1. The highest BCUT2D eigenvalue weighted by atomic mass is 19.1. The van der Waals surface area contributed by atoms with Crippen molar-refractivity contribution in [2.45, 2.75) is 26.3 Å². The van der Waals surface area contributed by atoms with Gasteiger partial charge < -0.3 is 5.32 Å². The van der Waals surface area contributed by atoms with Crippen LogP contribution in [0.4, 0.5) is 4.39 Å². The number of nitrogens with one attached hydrogen (secondary N) is 1. The number of hydrogen-bond donors (Lipinski definition) is 1. The first-order valence-electron chi connectivity index (χ1n) is 4.76. The van der Waals surface area contributed by atoms with E-state index in [1.165, 1.54) is 5.56 Å². The first-order valence-corrected chi connectivity index (χ1v) is 4.76. The zero-order chi connectivity index (χ0) is 9.26. The molecule has 0 aromatic heterocycles. The number of hydrogen-bond acceptors (Lipinski definition) is 1. The molecule has 1 N–H and O–H groups in total. The van der Waals surface area contributed by atoms with Gasteiger partial charge in [-0.1, -0.05) is 6.07 Å². The van der Waals surface area contributed by atoms with Gasteiger partial charge >= 0.3 is 0 Å². The van der Waals surface area contributed by atoms with Crippen molar-refractivity contribution in [2.75, 3.05) is 6.54 Å². The molecule has 0 unspecified atom stereocenters. The maximum absolute atomic E-state index is 13.2. The van der Waals surface area contributed by atoms with Crippen molar-refractivity contribution in [3.05, 3.63) is 34.6 Å². The van der Waals surface area contributed by atoms with E-state index in [1.54, 1.807) is 6.07 Å². The van der Waals surface area contributed by atoms with E-state index in [2.05, 4.69) is 5.32 Å². The Morgan fingerprint density at radius 3 is 3.00 bits per heavy atom. The Hall–Kier alpha value is -0.890. The zero-order valence-corrected chi connectivity index (χ0v) is 7.86. The van der Waals surface area contributed by atoms with E-state index >= 15 is 0 Å². The van der Waals surface area contributed by atoms with Gasteiger partial charge in [0.2, 0.25) is 0 Å². The fourth-order valence-electron chi connectivity index (χ4n) is 1.81. The third-order valence-corrected chi connectivity index (χ3v) is 2.60. The molecule has 13 heavy (non-hydrogen) atoms. The fraction of sp³-hybridized carbons (Fsp3) is 0.455. The van der Waals surface area contributed by atoms with Gasteiger partial charge in [0.25, 0.3) is 0 Å². The van der Waals surface area contributed by atoms with E-state index < -0.39 is 0 Å². The summed E-state index contributed by atoms with van der Waals surface area (Å²) in [4.78, 5) is 0. The summed E-state index contributed by atoms with van der Waals surface area (Å²) in [6, 6.07) is 3.65. The third-order valence-electron chi connectivity index (χ3n) is 2.60. The van der Waals surface area contributed by atoms with Crippen LogP contribution in [-0.2, 0) is 13.0 Å². The molecule has 1 aliphatic heterocycles. The summed E-state index contributed by atoms with van der Waals surface area (Å²) < 4.78 is 13.2. The molecule has 0 bridgehead atoms. The minimum absolute atomic E-state index is 0.0811. The van der Waals surface area contributed by atoms with Crippen LogP contribution >= 0.6 is 0 Å². The maximum atomic E-state index is 13.2. The molecule has 0 saturated carbocycles. The summed E-state index contributed by atoms with van der Waals surface area (Å²) in [6.45, 7) is 3.68. The van der Waals surface area contributed by atoms with Gasteiger partial charge in [-0.3, -0.25) is 0 Å². The molecule has 1 aromatic carbocycles. The highest BCUT2D eigenvalue weighted by Crippen LogP contribution is 2.18. The van der Waals surface area contributed by atoms with Crippen LogP contribution in [0.25, 0.3) is 0 Å². The summed E-state index contributed by atoms with van der Waals surface area (Å²) in [7, 11) is 0. The van der Waals surface area contributed by atoms with Crippen LogP contribution in [0, 0.1) is 12.7 Å². The Kier molecular flexibility index (Phi) is 2.32. The average molecular weight is 179 g/mol. The molecule has 1 aromatic rings. The topological polar surface area (TPSA) is 12.0 Å². The Labute approximate surface area is 78.0 Å². The molecule has 1 aliphatic rings. The van der Waals surface area contributed by atoms with Crippen LogP contribution in [0.5, 0.6) is 0 Å². The summed E-state index contributed by atoms with van der Waals surface area (Å²) >= 11 is 0. The summed E-state index contributed by atoms with van der Waals surface area (Å²) in [5, 5.41) is 3.28. The minimum atomic E-state index is -0.0811. The van der Waals surface area contributed by atoms with Crippen LogP contribution in [0.1, 0.15) is 23.1 Å². The average Bonchev–Trinajstić information content (AvgIpc) is 2.31. The highest BCUT2D eigenvalue weighted by molar-refractivity contribution is 5.33. The van der Waals surface area contributed by atoms with Gasteiger partial charge in [-0.25, -0.2) is 4.39 Å². The van der Waals surface area contributed by atoms with Crippen molar-refractivity contribution in [2.24, 2.45) is 0 Å². The number of aryl methyl sites for hydroxylation is 2. The SMILES string of the molecule is Cc1cc2c(cc1F)CNCCC2. The molecule has 1 nitrogen and oxygen atoms in total. The van der Waals surface area contributed by atoms with Crippen molar-refractivity contribution < 1.29 is 4.39 Å². The number of halogens is 1. The minimum Gasteiger partial charge on any atom is -0.313 e. The Balaban J connectivity index is 2.43. The second-order valence-corrected chi connectivity index (χ2v) is 3.65. The van der Waals surface area contributed by atoms with Gasteiger partial charge in [-0.15, -0.1) is 0 Å². The molecule has 2 rings (SSSR count). The van der Waals surface area contributed by atoms with E-state index in [-0.39, 0.29) is 5.82 Å². The molecule has 0 amide bonds. The predicted molar refractivity (Wildman–Crippen MR) is 51.2 cm³/mol. The lowest BCUT2D eigenvalue weighted by atomic mass is 10.0.